The highest BCUT2D eigenvalue weighted by Crippen LogP contribution is 2.16. The first kappa shape index (κ1) is 16.7. The van der Waals surface area contributed by atoms with E-state index >= 15 is 0 Å². The van der Waals surface area contributed by atoms with Crippen LogP contribution in [0.2, 0.25) is 0 Å². The van der Waals surface area contributed by atoms with Gasteiger partial charge in [0.25, 0.3) is 0 Å². The lowest BCUT2D eigenvalue weighted by molar-refractivity contribution is -0.120. The molecule has 0 radical (unpaired) electrons. The molecule has 0 aliphatic heterocycles. The van der Waals surface area contributed by atoms with E-state index in [0.717, 1.165) is 23.2 Å². The van der Waals surface area contributed by atoms with Crippen molar-refractivity contribution in [3.05, 3.63) is 29.3 Å². The molecule has 1 atom stereocenters. The molecule has 2 amide bonds. The summed E-state index contributed by atoms with van der Waals surface area (Å²) < 4.78 is 0. The third kappa shape index (κ3) is 5.33. The van der Waals surface area contributed by atoms with E-state index in [1.54, 1.807) is 0 Å². The van der Waals surface area contributed by atoms with Crippen LogP contribution in [0.1, 0.15) is 30.9 Å². The van der Waals surface area contributed by atoms with Gasteiger partial charge in [0, 0.05) is 18.7 Å². The van der Waals surface area contributed by atoms with E-state index < -0.39 is 0 Å². The Morgan fingerprint density at radius 2 is 2.00 bits per heavy atom. The SMILES string of the molecule is CCC(Br)C(=O)NCCC(=O)Nc1cc(C)ccc1C. The van der Waals surface area contributed by atoms with Crippen molar-refractivity contribution >= 4 is 33.4 Å². The maximum Gasteiger partial charge on any atom is 0.233 e. The molecule has 1 rings (SSSR count). The standard InChI is InChI=1S/C15H21BrN2O2/c1-4-12(16)15(20)17-8-7-14(19)18-13-9-10(2)5-6-11(13)3/h5-6,9,12H,4,7-8H2,1-3H3,(H,17,20)(H,18,19). The van der Waals surface area contributed by atoms with Crippen LogP contribution in [0.4, 0.5) is 5.69 Å². The minimum Gasteiger partial charge on any atom is -0.355 e. The third-order valence-corrected chi connectivity index (χ3v) is 4.02. The van der Waals surface area contributed by atoms with Gasteiger partial charge in [-0.25, -0.2) is 0 Å². The molecule has 110 valence electrons. The van der Waals surface area contributed by atoms with Crippen molar-refractivity contribution in [3.8, 4) is 0 Å². The second-order valence-corrected chi connectivity index (χ2v) is 5.89. The number of hydrogen-bond acceptors (Lipinski definition) is 2. The molecule has 4 nitrogen and oxygen atoms in total. The second kappa shape index (κ2) is 8.04. The van der Waals surface area contributed by atoms with Crippen molar-refractivity contribution in [1.82, 2.24) is 5.32 Å². The van der Waals surface area contributed by atoms with E-state index in [-0.39, 0.29) is 23.1 Å². The number of nitrogens with one attached hydrogen (secondary N) is 2. The van der Waals surface area contributed by atoms with Crippen molar-refractivity contribution in [2.75, 3.05) is 11.9 Å². The molecule has 0 heterocycles. The first-order chi connectivity index (χ1) is 9.43. The van der Waals surface area contributed by atoms with Gasteiger partial charge in [-0.05, 0) is 37.5 Å². The number of hydrogen-bond donors (Lipinski definition) is 2. The Balaban J connectivity index is 2.41. The third-order valence-electron chi connectivity index (χ3n) is 2.96. The van der Waals surface area contributed by atoms with Crippen molar-refractivity contribution in [2.45, 2.75) is 38.4 Å². The fourth-order valence-electron chi connectivity index (χ4n) is 1.68. The molecule has 0 aromatic heterocycles. The highest BCUT2D eigenvalue weighted by atomic mass is 79.9. The van der Waals surface area contributed by atoms with Gasteiger partial charge in [0.2, 0.25) is 11.8 Å². The summed E-state index contributed by atoms with van der Waals surface area (Å²) in [6.07, 6.45) is 0.989. The van der Waals surface area contributed by atoms with Crippen LogP contribution < -0.4 is 10.6 Å². The number of carbonyl (C=O) groups excluding carboxylic acids is 2. The molecule has 0 fully saturated rings. The maximum atomic E-state index is 11.8. The van der Waals surface area contributed by atoms with Crippen LogP contribution in [0, 0.1) is 13.8 Å². The normalized spacial score (nSPS) is 11.8. The van der Waals surface area contributed by atoms with Crippen molar-refractivity contribution in [3.63, 3.8) is 0 Å². The fourth-order valence-corrected chi connectivity index (χ4v) is 1.84. The monoisotopic (exact) mass is 340 g/mol. The summed E-state index contributed by atoms with van der Waals surface area (Å²) in [5.41, 5.74) is 2.96. The van der Waals surface area contributed by atoms with Crippen LogP contribution in [-0.2, 0) is 9.59 Å². The van der Waals surface area contributed by atoms with E-state index in [4.69, 9.17) is 0 Å². The zero-order valence-electron chi connectivity index (χ0n) is 12.1. The van der Waals surface area contributed by atoms with Gasteiger partial charge < -0.3 is 10.6 Å². The lowest BCUT2D eigenvalue weighted by Crippen LogP contribution is -2.33. The van der Waals surface area contributed by atoms with Gasteiger partial charge in [-0.3, -0.25) is 9.59 Å². The zero-order chi connectivity index (χ0) is 15.1. The number of halogens is 1. The largest absolute Gasteiger partial charge is 0.355 e. The molecule has 20 heavy (non-hydrogen) atoms. The lowest BCUT2D eigenvalue weighted by Gasteiger charge is -2.11. The van der Waals surface area contributed by atoms with Gasteiger partial charge in [0.15, 0.2) is 0 Å². The van der Waals surface area contributed by atoms with Crippen LogP contribution >= 0.6 is 15.9 Å². The molecular weight excluding hydrogens is 320 g/mol. The Hall–Kier alpha value is -1.36. The van der Waals surface area contributed by atoms with Crippen LogP contribution in [0.5, 0.6) is 0 Å². The molecule has 0 aliphatic rings. The molecule has 5 heteroatoms. The molecule has 1 aromatic rings. The molecule has 0 bridgehead atoms. The van der Waals surface area contributed by atoms with E-state index in [1.807, 2.05) is 39.0 Å². The summed E-state index contributed by atoms with van der Waals surface area (Å²) in [7, 11) is 0. The predicted octanol–water partition coefficient (Wildman–Crippen LogP) is 2.92. The van der Waals surface area contributed by atoms with Crippen LogP contribution in [0.3, 0.4) is 0 Å². The second-order valence-electron chi connectivity index (χ2n) is 4.78. The summed E-state index contributed by atoms with van der Waals surface area (Å²) in [5.74, 6) is -0.173. The minimum atomic E-state index is -0.190. The Kier molecular flexibility index (Phi) is 6.71. The van der Waals surface area contributed by atoms with Crippen LogP contribution in [-0.4, -0.2) is 23.2 Å². The van der Waals surface area contributed by atoms with Gasteiger partial charge in [-0.15, -0.1) is 0 Å². The number of carbonyl (C=O) groups is 2. The summed E-state index contributed by atoms with van der Waals surface area (Å²) in [6.45, 7) is 6.20. The molecule has 0 saturated heterocycles. The Morgan fingerprint density at radius 3 is 2.65 bits per heavy atom. The smallest absolute Gasteiger partial charge is 0.233 e. The van der Waals surface area contributed by atoms with Gasteiger partial charge in [0.1, 0.15) is 0 Å². The number of rotatable bonds is 6. The molecule has 0 saturated carbocycles. The summed E-state index contributed by atoms with van der Waals surface area (Å²) in [6, 6.07) is 5.92. The molecule has 0 spiro atoms. The average molecular weight is 341 g/mol. The van der Waals surface area contributed by atoms with Crippen molar-refractivity contribution in [1.29, 1.82) is 0 Å². The number of anilines is 1. The number of aryl methyl sites for hydroxylation is 2. The molecular formula is C15H21BrN2O2. The van der Waals surface area contributed by atoms with Gasteiger partial charge in [0.05, 0.1) is 4.83 Å². The highest BCUT2D eigenvalue weighted by Gasteiger charge is 2.12. The minimum absolute atomic E-state index is 0.0768. The van der Waals surface area contributed by atoms with E-state index in [2.05, 4.69) is 26.6 Å². The van der Waals surface area contributed by atoms with Gasteiger partial charge in [-0.1, -0.05) is 35.0 Å². The summed E-state index contributed by atoms with van der Waals surface area (Å²) in [5, 5.41) is 5.60. The quantitative estimate of drug-likeness (QED) is 0.782. The number of amides is 2. The van der Waals surface area contributed by atoms with Crippen molar-refractivity contribution < 1.29 is 9.59 Å². The first-order valence-corrected chi connectivity index (χ1v) is 7.64. The lowest BCUT2D eigenvalue weighted by atomic mass is 10.1. The van der Waals surface area contributed by atoms with Gasteiger partial charge >= 0.3 is 0 Å². The maximum absolute atomic E-state index is 11.8. The number of benzene rings is 1. The molecule has 2 N–H and O–H groups in total. The van der Waals surface area contributed by atoms with Crippen LogP contribution in [0.25, 0.3) is 0 Å². The number of alkyl halides is 1. The fraction of sp³-hybridized carbons (Fsp3) is 0.467. The average Bonchev–Trinajstić information content (AvgIpc) is 2.41. The van der Waals surface area contributed by atoms with E-state index in [0.29, 0.717) is 6.54 Å². The Morgan fingerprint density at radius 1 is 1.30 bits per heavy atom. The molecule has 0 aliphatic carbocycles. The van der Waals surface area contributed by atoms with E-state index in [1.165, 1.54) is 0 Å². The van der Waals surface area contributed by atoms with Crippen molar-refractivity contribution in [2.24, 2.45) is 0 Å². The Bertz CT molecular complexity index is 489. The van der Waals surface area contributed by atoms with Crippen LogP contribution in [0.15, 0.2) is 18.2 Å². The summed E-state index contributed by atoms with van der Waals surface area (Å²) in [4.78, 5) is 23.2. The topological polar surface area (TPSA) is 58.2 Å². The van der Waals surface area contributed by atoms with E-state index in [9.17, 15) is 9.59 Å². The zero-order valence-corrected chi connectivity index (χ0v) is 13.7. The summed E-state index contributed by atoms with van der Waals surface area (Å²) >= 11 is 3.27. The molecule has 1 unspecified atom stereocenters. The highest BCUT2D eigenvalue weighted by molar-refractivity contribution is 9.10. The Labute approximate surface area is 128 Å². The molecule has 1 aromatic carbocycles. The first-order valence-electron chi connectivity index (χ1n) is 6.73. The predicted molar refractivity (Wildman–Crippen MR) is 85.2 cm³/mol. The van der Waals surface area contributed by atoms with Gasteiger partial charge in [-0.2, -0.15) is 0 Å².